The number of morpholine rings is 1. The smallest absolute Gasteiger partial charge is 0.410 e. The fourth-order valence-electron chi connectivity index (χ4n) is 1.79. The van der Waals surface area contributed by atoms with E-state index in [1.807, 2.05) is 0 Å². The molecule has 1 unspecified atom stereocenters. The van der Waals surface area contributed by atoms with Gasteiger partial charge in [0.15, 0.2) is 0 Å². The summed E-state index contributed by atoms with van der Waals surface area (Å²) in [5.74, 6) is 0. The average molecular weight is 309 g/mol. The average Bonchev–Trinajstić information content (AvgIpc) is 2.24. The molecule has 0 aliphatic carbocycles. The van der Waals surface area contributed by atoms with E-state index >= 15 is 0 Å². The fraction of sp³-hybridized carbons (Fsp3) is 0.917. The molecule has 0 bridgehead atoms. The topological polar surface area (TPSA) is 82.1 Å². The molecule has 20 heavy (non-hydrogen) atoms. The standard InChI is InChI=1S/C12H23NO6S/c1-9(19-20(5,15)16)10-8-13(6-7-17-10)11(14)18-12(2,3)4/h9-10H,6-8H2,1-5H3/t9?,10-/m0/s1. The van der Waals surface area contributed by atoms with E-state index in [1.165, 1.54) is 4.90 Å². The maximum atomic E-state index is 12.0. The van der Waals surface area contributed by atoms with Gasteiger partial charge in [0.2, 0.25) is 0 Å². The Kier molecular flexibility index (Phi) is 5.39. The summed E-state index contributed by atoms with van der Waals surface area (Å²) in [4.78, 5) is 13.5. The molecule has 8 heteroatoms. The first kappa shape index (κ1) is 17.2. The summed E-state index contributed by atoms with van der Waals surface area (Å²) in [5, 5.41) is 0. The van der Waals surface area contributed by atoms with Crippen LogP contribution in [0.25, 0.3) is 0 Å². The fourth-order valence-corrected chi connectivity index (χ4v) is 2.46. The van der Waals surface area contributed by atoms with Crippen LogP contribution in [0.5, 0.6) is 0 Å². The van der Waals surface area contributed by atoms with E-state index in [-0.39, 0.29) is 6.54 Å². The van der Waals surface area contributed by atoms with E-state index < -0.39 is 34.0 Å². The molecule has 1 saturated heterocycles. The van der Waals surface area contributed by atoms with Gasteiger partial charge in [-0.2, -0.15) is 8.42 Å². The summed E-state index contributed by atoms with van der Waals surface area (Å²) in [7, 11) is -3.55. The Morgan fingerprint density at radius 2 is 2.00 bits per heavy atom. The molecule has 7 nitrogen and oxygen atoms in total. The second-order valence-electron chi connectivity index (χ2n) is 5.84. The first-order valence-electron chi connectivity index (χ1n) is 6.46. The minimum absolute atomic E-state index is 0.242. The predicted octanol–water partition coefficient (Wildman–Crippen LogP) is 0.987. The number of rotatable bonds is 3. The normalized spacial score (nSPS) is 22.4. The van der Waals surface area contributed by atoms with E-state index in [0.717, 1.165) is 6.26 Å². The highest BCUT2D eigenvalue weighted by molar-refractivity contribution is 7.86. The molecule has 1 aliphatic heterocycles. The van der Waals surface area contributed by atoms with Crippen LogP contribution in [0, 0.1) is 0 Å². The Labute approximate surface area is 120 Å². The van der Waals surface area contributed by atoms with Crippen LogP contribution in [-0.2, 0) is 23.8 Å². The summed E-state index contributed by atoms with van der Waals surface area (Å²) in [6.07, 6.45) is -0.601. The number of carbonyl (C=O) groups is 1. The lowest BCUT2D eigenvalue weighted by molar-refractivity contribution is -0.0763. The number of hydrogen-bond acceptors (Lipinski definition) is 6. The van der Waals surface area contributed by atoms with Crippen molar-refractivity contribution >= 4 is 16.2 Å². The zero-order valence-corrected chi connectivity index (χ0v) is 13.4. The highest BCUT2D eigenvalue weighted by atomic mass is 32.2. The largest absolute Gasteiger partial charge is 0.444 e. The molecule has 1 amide bonds. The summed E-state index contributed by atoms with van der Waals surface area (Å²) in [5.41, 5.74) is -0.570. The molecular formula is C12H23NO6S. The first-order chi connectivity index (χ1) is 8.98. The first-order valence-corrected chi connectivity index (χ1v) is 8.27. The zero-order chi connectivity index (χ0) is 15.6. The van der Waals surface area contributed by atoms with Gasteiger partial charge in [0.1, 0.15) is 17.8 Å². The maximum absolute atomic E-state index is 12.0. The third kappa shape index (κ3) is 6.06. The van der Waals surface area contributed by atoms with E-state index in [1.54, 1.807) is 27.7 Å². The van der Waals surface area contributed by atoms with Crippen LogP contribution in [0.3, 0.4) is 0 Å². The van der Waals surface area contributed by atoms with Crippen LogP contribution < -0.4 is 0 Å². The molecule has 1 aliphatic rings. The SMILES string of the molecule is CC(OS(C)(=O)=O)[C@@H]1CN(C(=O)OC(C)(C)C)CCO1. The Bertz CT molecular complexity index is 441. The van der Waals surface area contributed by atoms with Gasteiger partial charge in [-0.15, -0.1) is 0 Å². The summed E-state index contributed by atoms with van der Waals surface area (Å²) < 4.78 is 37.8. The van der Waals surface area contributed by atoms with Gasteiger partial charge in [0.25, 0.3) is 10.1 Å². The van der Waals surface area contributed by atoms with Crippen molar-refractivity contribution < 1.29 is 26.9 Å². The van der Waals surface area contributed by atoms with Crippen molar-refractivity contribution in [3.05, 3.63) is 0 Å². The lowest BCUT2D eigenvalue weighted by Crippen LogP contribution is -2.51. The van der Waals surface area contributed by atoms with E-state index in [9.17, 15) is 13.2 Å². The van der Waals surface area contributed by atoms with Crippen molar-refractivity contribution in [2.24, 2.45) is 0 Å². The Morgan fingerprint density at radius 3 is 2.50 bits per heavy atom. The van der Waals surface area contributed by atoms with Crippen molar-refractivity contribution in [3.8, 4) is 0 Å². The Balaban J connectivity index is 2.60. The van der Waals surface area contributed by atoms with Crippen molar-refractivity contribution in [3.63, 3.8) is 0 Å². The highest BCUT2D eigenvalue weighted by Gasteiger charge is 2.32. The van der Waals surface area contributed by atoms with Gasteiger partial charge in [-0.05, 0) is 27.7 Å². The van der Waals surface area contributed by atoms with E-state index in [0.29, 0.717) is 13.2 Å². The summed E-state index contributed by atoms with van der Waals surface area (Å²) >= 11 is 0. The van der Waals surface area contributed by atoms with Gasteiger partial charge in [0.05, 0.1) is 19.4 Å². The number of carbonyl (C=O) groups excluding carboxylic acids is 1. The van der Waals surface area contributed by atoms with Gasteiger partial charge in [-0.25, -0.2) is 4.79 Å². The molecule has 0 radical (unpaired) electrons. The molecule has 0 saturated carbocycles. The zero-order valence-electron chi connectivity index (χ0n) is 12.6. The molecule has 0 N–H and O–H groups in total. The monoisotopic (exact) mass is 309 g/mol. The summed E-state index contributed by atoms with van der Waals surface area (Å²) in [6.45, 7) is 7.95. The molecule has 0 aromatic carbocycles. The van der Waals surface area contributed by atoms with Crippen molar-refractivity contribution in [1.82, 2.24) is 4.90 Å². The quantitative estimate of drug-likeness (QED) is 0.723. The third-order valence-corrected chi connectivity index (χ3v) is 3.25. The van der Waals surface area contributed by atoms with Crippen LogP contribution in [0.2, 0.25) is 0 Å². The van der Waals surface area contributed by atoms with E-state index in [4.69, 9.17) is 13.7 Å². The van der Waals surface area contributed by atoms with Gasteiger partial charge in [-0.3, -0.25) is 4.18 Å². The Morgan fingerprint density at radius 1 is 1.40 bits per heavy atom. The molecule has 0 aromatic rings. The molecule has 1 heterocycles. The van der Waals surface area contributed by atoms with Gasteiger partial charge in [-0.1, -0.05) is 0 Å². The highest BCUT2D eigenvalue weighted by Crippen LogP contribution is 2.16. The van der Waals surface area contributed by atoms with E-state index in [2.05, 4.69) is 0 Å². The van der Waals surface area contributed by atoms with Gasteiger partial charge >= 0.3 is 6.09 Å². The maximum Gasteiger partial charge on any atom is 0.410 e. The third-order valence-electron chi connectivity index (χ3n) is 2.60. The number of nitrogens with zero attached hydrogens (tertiary/aromatic N) is 1. The second kappa shape index (κ2) is 6.28. The van der Waals surface area contributed by atoms with Crippen molar-refractivity contribution in [2.45, 2.75) is 45.5 Å². The molecule has 2 atom stereocenters. The minimum atomic E-state index is -3.55. The van der Waals surface area contributed by atoms with Gasteiger partial charge < -0.3 is 14.4 Å². The molecule has 1 fully saturated rings. The second-order valence-corrected chi connectivity index (χ2v) is 7.44. The van der Waals surface area contributed by atoms with Crippen LogP contribution in [0.1, 0.15) is 27.7 Å². The van der Waals surface area contributed by atoms with Crippen LogP contribution in [0.15, 0.2) is 0 Å². The molecular weight excluding hydrogens is 286 g/mol. The predicted molar refractivity (Wildman–Crippen MR) is 72.9 cm³/mol. The van der Waals surface area contributed by atoms with Crippen molar-refractivity contribution in [2.75, 3.05) is 26.0 Å². The van der Waals surface area contributed by atoms with Crippen LogP contribution in [0.4, 0.5) is 4.79 Å². The van der Waals surface area contributed by atoms with Crippen LogP contribution >= 0.6 is 0 Å². The summed E-state index contributed by atoms with van der Waals surface area (Å²) in [6, 6.07) is 0. The number of hydrogen-bond donors (Lipinski definition) is 0. The molecule has 118 valence electrons. The van der Waals surface area contributed by atoms with Crippen LogP contribution in [-0.4, -0.2) is 63.2 Å². The minimum Gasteiger partial charge on any atom is -0.444 e. The van der Waals surface area contributed by atoms with Crippen molar-refractivity contribution in [1.29, 1.82) is 0 Å². The molecule has 0 spiro atoms. The number of ether oxygens (including phenoxy) is 2. The lowest BCUT2D eigenvalue weighted by Gasteiger charge is -2.36. The number of amides is 1. The molecule has 1 rings (SSSR count). The molecule has 0 aromatic heterocycles. The van der Waals surface area contributed by atoms with Gasteiger partial charge in [0, 0.05) is 6.54 Å². The lowest BCUT2D eigenvalue weighted by atomic mass is 10.2. The Hall–Kier alpha value is -0.860.